The number of nitro groups is 1. The third-order valence-electron chi connectivity index (χ3n) is 2.87. The van der Waals surface area contributed by atoms with E-state index in [0.717, 1.165) is 5.56 Å². The van der Waals surface area contributed by atoms with Crippen molar-refractivity contribution in [3.8, 4) is 0 Å². The molecule has 21 heavy (non-hydrogen) atoms. The zero-order valence-corrected chi connectivity index (χ0v) is 11.3. The van der Waals surface area contributed by atoms with E-state index in [1.54, 1.807) is 30.6 Å². The number of hydrogen-bond donors (Lipinski definition) is 2. The first-order valence-electron chi connectivity index (χ1n) is 6.28. The summed E-state index contributed by atoms with van der Waals surface area (Å²) >= 11 is 0. The van der Waals surface area contributed by atoms with E-state index in [-0.39, 0.29) is 11.7 Å². The Morgan fingerprint density at radius 3 is 2.67 bits per heavy atom. The van der Waals surface area contributed by atoms with Crippen LogP contribution in [0.2, 0.25) is 0 Å². The van der Waals surface area contributed by atoms with E-state index in [4.69, 9.17) is 0 Å². The van der Waals surface area contributed by atoms with Crippen LogP contribution in [-0.4, -0.2) is 15.9 Å². The van der Waals surface area contributed by atoms with Crippen molar-refractivity contribution < 1.29 is 9.72 Å². The van der Waals surface area contributed by atoms with Crippen molar-refractivity contribution in [2.45, 2.75) is 13.0 Å². The number of rotatable bonds is 4. The molecule has 7 heteroatoms. The lowest BCUT2D eigenvalue weighted by Gasteiger charge is -2.14. The standard InChI is InChI=1S/C14H14N4O3/c1-10(11-5-7-15-8-6-11)16-14(19)17-12-3-2-4-13(9-12)18(20)21/h2-10H,1H3,(H2,16,17,19)/t10-/m1/s1. The van der Waals surface area contributed by atoms with Gasteiger partial charge in [-0.25, -0.2) is 4.79 Å². The van der Waals surface area contributed by atoms with Crippen LogP contribution in [-0.2, 0) is 0 Å². The minimum atomic E-state index is -0.511. The fourth-order valence-electron chi connectivity index (χ4n) is 1.80. The first-order chi connectivity index (χ1) is 10.1. The van der Waals surface area contributed by atoms with Crippen molar-refractivity contribution in [2.75, 3.05) is 5.32 Å². The molecule has 0 saturated carbocycles. The Morgan fingerprint density at radius 1 is 1.29 bits per heavy atom. The number of non-ortho nitro benzene ring substituents is 1. The highest BCUT2D eigenvalue weighted by atomic mass is 16.6. The van der Waals surface area contributed by atoms with Gasteiger partial charge in [-0.2, -0.15) is 0 Å². The van der Waals surface area contributed by atoms with Crippen LogP contribution in [0.4, 0.5) is 16.2 Å². The minimum absolute atomic E-state index is 0.0741. The van der Waals surface area contributed by atoms with Crippen molar-refractivity contribution in [2.24, 2.45) is 0 Å². The van der Waals surface area contributed by atoms with Gasteiger partial charge in [0.05, 0.1) is 11.0 Å². The van der Waals surface area contributed by atoms with E-state index in [2.05, 4.69) is 15.6 Å². The zero-order chi connectivity index (χ0) is 15.2. The number of nitrogens with one attached hydrogen (secondary N) is 2. The molecule has 2 aromatic rings. The highest BCUT2D eigenvalue weighted by Gasteiger charge is 2.11. The highest BCUT2D eigenvalue weighted by Crippen LogP contribution is 2.17. The Balaban J connectivity index is 1.99. The van der Waals surface area contributed by atoms with Crippen LogP contribution in [0.25, 0.3) is 0 Å². The van der Waals surface area contributed by atoms with E-state index < -0.39 is 11.0 Å². The molecule has 1 atom stereocenters. The van der Waals surface area contributed by atoms with Gasteiger partial charge in [-0.05, 0) is 30.7 Å². The fraction of sp³-hybridized carbons (Fsp3) is 0.143. The van der Waals surface area contributed by atoms with Crippen molar-refractivity contribution in [3.05, 3.63) is 64.5 Å². The van der Waals surface area contributed by atoms with Gasteiger partial charge in [0.1, 0.15) is 0 Å². The highest BCUT2D eigenvalue weighted by molar-refractivity contribution is 5.89. The molecule has 2 amide bonds. The number of pyridine rings is 1. The normalized spacial score (nSPS) is 11.5. The van der Waals surface area contributed by atoms with Crippen LogP contribution in [0.5, 0.6) is 0 Å². The molecule has 0 spiro atoms. The van der Waals surface area contributed by atoms with Crippen molar-refractivity contribution >= 4 is 17.4 Å². The molecule has 0 saturated heterocycles. The molecule has 1 heterocycles. The lowest BCUT2D eigenvalue weighted by Crippen LogP contribution is -2.31. The summed E-state index contributed by atoms with van der Waals surface area (Å²) < 4.78 is 0. The van der Waals surface area contributed by atoms with Crippen LogP contribution in [0.1, 0.15) is 18.5 Å². The second-order valence-electron chi connectivity index (χ2n) is 4.41. The summed E-state index contributed by atoms with van der Waals surface area (Å²) in [5.41, 5.74) is 1.21. The van der Waals surface area contributed by atoms with E-state index >= 15 is 0 Å². The second-order valence-corrected chi connectivity index (χ2v) is 4.41. The number of hydrogen-bond acceptors (Lipinski definition) is 4. The maximum atomic E-state index is 11.9. The maximum Gasteiger partial charge on any atom is 0.319 e. The number of amides is 2. The Morgan fingerprint density at radius 2 is 2.00 bits per heavy atom. The molecular weight excluding hydrogens is 272 g/mol. The molecule has 2 rings (SSSR count). The van der Waals surface area contributed by atoms with Crippen LogP contribution < -0.4 is 10.6 Å². The van der Waals surface area contributed by atoms with Crippen LogP contribution in [0, 0.1) is 10.1 Å². The third-order valence-corrected chi connectivity index (χ3v) is 2.87. The summed E-state index contributed by atoms with van der Waals surface area (Å²) in [4.78, 5) is 25.9. The lowest BCUT2D eigenvalue weighted by molar-refractivity contribution is -0.384. The quantitative estimate of drug-likeness (QED) is 0.667. The SMILES string of the molecule is C[C@@H](NC(=O)Nc1cccc([N+](=O)[O-])c1)c1ccncc1. The Labute approximate surface area is 121 Å². The average Bonchev–Trinajstić information content (AvgIpc) is 2.48. The van der Waals surface area contributed by atoms with Gasteiger partial charge in [-0.3, -0.25) is 15.1 Å². The summed E-state index contributed by atoms with van der Waals surface area (Å²) in [5.74, 6) is 0. The van der Waals surface area contributed by atoms with E-state index in [1.165, 1.54) is 18.2 Å². The number of aromatic nitrogens is 1. The van der Waals surface area contributed by atoms with Gasteiger partial charge in [0.25, 0.3) is 5.69 Å². The maximum absolute atomic E-state index is 11.9. The molecule has 1 aromatic carbocycles. The molecule has 108 valence electrons. The number of carbonyl (C=O) groups is 1. The second kappa shape index (κ2) is 6.47. The average molecular weight is 286 g/mol. The molecule has 0 unspecified atom stereocenters. The molecule has 0 aliphatic carbocycles. The van der Waals surface area contributed by atoms with Crippen LogP contribution >= 0.6 is 0 Å². The lowest BCUT2D eigenvalue weighted by atomic mass is 10.1. The summed E-state index contributed by atoms with van der Waals surface area (Å²) in [6.45, 7) is 1.84. The molecular formula is C14H14N4O3. The first-order valence-corrected chi connectivity index (χ1v) is 6.28. The van der Waals surface area contributed by atoms with Gasteiger partial charge in [0, 0.05) is 30.2 Å². The Kier molecular flexibility index (Phi) is 4.45. The van der Waals surface area contributed by atoms with E-state index in [1.807, 2.05) is 6.92 Å². The van der Waals surface area contributed by atoms with Gasteiger partial charge >= 0.3 is 6.03 Å². The number of benzene rings is 1. The third kappa shape index (κ3) is 4.00. The zero-order valence-electron chi connectivity index (χ0n) is 11.3. The summed E-state index contributed by atoms with van der Waals surface area (Å²) in [7, 11) is 0. The number of anilines is 1. The molecule has 0 radical (unpaired) electrons. The monoisotopic (exact) mass is 286 g/mol. The number of nitrogens with zero attached hydrogens (tertiary/aromatic N) is 2. The van der Waals surface area contributed by atoms with E-state index in [9.17, 15) is 14.9 Å². The first kappa shape index (κ1) is 14.4. The largest absolute Gasteiger partial charge is 0.331 e. The predicted molar refractivity (Wildman–Crippen MR) is 77.9 cm³/mol. The van der Waals surface area contributed by atoms with Gasteiger partial charge < -0.3 is 10.6 Å². The molecule has 0 fully saturated rings. The van der Waals surface area contributed by atoms with Crippen LogP contribution in [0.15, 0.2) is 48.8 Å². The molecule has 0 aliphatic heterocycles. The Bertz CT molecular complexity index is 646. The van der Waals surface area contributed by atoms with Crippen molar-refractivity contribution in [3.63, 3.8) is 0 Å². The smallest absolute Gasteiger partial charge is 0.319 e. The molecule has 0 aliphatic rings. The summed E-state index contributed by atoms with van der Waals surface area (Å²) in [6.07, 6.45) is 3.29. The molecule has 2 N–H and O–H groups in total. The molecule has 7 nitrogen and oxygen atoms in total. The summed E-state index contributed by atoms with van der Waals surface area (Å²) in [5, 5.41) is 16.0. The summed E-state index contributed by atoms with van der Waals surface area (Å²) in [6, 6.07) is 8.74. The van der Waals surface area contributed by atoms with Gasteiger partial charge in [0.15, 0.2) is 0 Å². The van der Waals surface area contributed by atoms with Gasteiger partial charge in [0.2, 0.25) is 0 Å². The van der Waals surface area contributed by atoms with Crippen molar-refractivity contribution in [1.82, 2.24) is 10.3 Å². The predicted octanol–water partition coefficient (Wildman–Crippen LogP) is 2.87. The molecule has 0 bridgehead atoms. The van der Waals surface area contributed by atoms with Gasteiger partial charge in [-0.15, -0.1) is 0 Å². The van der Waals surface area contributed by atoms with Gasteiger partial charge in [-0.1, -0.05) is 6.07 Å². The minimum Gasteiger partial charge on any atom is -0.331 e. The van der Waals surface area contributed by atoms with Crippen molar-refractivity contribution in [1.29, 1.82) is 0 Å². The number of urea groups is 1. The molecule has 1 aromatic heterocycles. The fourth-order valence-corrected chi connectivity index (χ4v) is 1.80. The number of carbonyl (C=O) groups excluding carboxylic acids is 1. The number of nitro benzene ring substituents is 1. The Hall–Kier alpha value is -2.96. The van der Waals surface area contributed by atoms with E-state index in [0.29, 0.717) is 5.69 Å². The van der Waals surface area contributed by atoms with Crippen LogP contribution in [0.3, 0.4) is 0 Å². The topological polar surface area (TPSA) is 97.2 Å².